The second-order valence-electron chi connectivity index (χ2n) is 6.16. The van der Waals surface area contributed by atoms with Gasteiger partial charge in [-0.25, -0.2) is 4.98 Å². The van der Waals surface area contributed by atoms with Crippen LogP contribution in [0.25, 0.3) is 5.69 Å². The molecule has 0 radical (unpaired) electrons. The highest BCUT2D eigenvalue weighted by atomic mass is 32.1. The van der Waals surface area contributed by atoms with Crippen LogP contribution in [0, 0.1) is 0 Å². The molecule has 2 N–H and O–H groups in total. The first-order valence-corrected chi connectivity index (χ1v) is 9.71. The summed E-state index contributed by atoms with van der Waals surface area (Å²) in [6.45, 7) is 2.81. The number of carbonyl (C=O) groups excluding carboxylic acids is 2. The van der Waals surface area contributed by atoms with Gasteiger partial charge in [0.1, 0.15) is 5.69 Å². The number of aromatic nitrogens is 2. The molecule has 3 aromatic rings. The summed E-state index contributed by atoms with van der Waals surface area (Å²) in [6, 6.07) is 10.9. The zero-order valence-electron chi connectivity index (χ0n) is 15.0. The van der Waals surface area contributed by atoms with Gasteiger partial charge in [-0.2, -0.15) is 0 Å². The second kappa shape index (κ2) is 8.24. The summed E-state index contributed by atoms with van der Waals surface area (Å²) < 4.78 is 7.26. The third kappa shape index (κ3) is 4.05. The minimum absolute atomic E-state index is 0.273. The van der Waals surface area contributed by atoms with Crippen LogP contribution in [0.2, 0.25) is 0 Å². The van der Waals surface area contributed by atoms with Crippen LogP contribution in [-0.4, -0.2) is 47.7 Å². The van der Waals surface area contributed by atoms with Crippen molar-refractivity contribution in [2.45, 2.75) is 0 Å². The molecule has 1 aliphatic rings. The number of morpholine rings is 1. The highest BCUT2D eigenvalue weighted by molar-refractivity contribution is 7.13. The first kappa shape index (κ1) is 18.2. The average molecular weight is 397 g/mol. The number of ether oxygens (including phenoxy) is 1. The fourth-order valence-corrected chi connectivity index (χ4v) is 3.67. The fourth-order valence-electron chi connectivity index (χ4n) is 2.81. The number of carbonyl (C=O) groups is 2. The van der Waals surface area contributed by atoms with Gasteiger partial charge in [-0.05, 0) is 36.4 Å². The molecule has 0 bridgehead atoms. The van der Waals surface area contributed by atoms with Gasteiger partial charge >= 0.3 is 0 Å². The number of rotatable bonds is 4. The van der Waals surface area contributed by atoms with Crippen molar-refractivity contribution in [2.24, 2.45) is 0 Å². The molecule has 0 unspecified atom stereocenters. The summed E-state index contributed by atoms with van der Waals surface area (Å²) in [4.78, 5) is 30.9. The normalized spacial score (nSPS) is 13.9. The molecular formula is C19H19N5O3S. The maximum atomic E-state index is 12.3. The summed E-state index contributed by atoms with van der Waals surface area (Å²) in [7, 11) is 0. The Labute approximate surface area is 165 Å². The van der Waals surface area contributed by atoms with E-state index in [1.165, 1.54) is 11.3 Å². The third-order valence-corrected chi connectivity index (χ3v) is 5.23. The largest absolute Gasteiger partial charge is 0.378 e. The lowest BCUT2D eigenvalue weighted by atomic mass is 10.2. The number of hydrazine groups is 1. The van der Waals surface area contributed by atoms with Crippen LogP contribution in [-0.2, 0) is 4.74 Å². The number of amides is 2. The zero-order chi connectivity index (χ0) is 19.3. The predicted molar refractivity (Wildman–Crippen MR) is 106 cm³/mol. The summed E-state index contributed by atoms with van der Waals surface area (Å²) in [6.07, 6.45) is 3.85. The molecule has 0 spiro atoms. The number of thiazole rings is 1. The molecule has 1 aromatic carbocycles. The number of nitrogens with zero attached hydrogens (tertiary/aromatic N) is 3. The van der Waals surface area contributed by atoms with Gasteiger partial charge in [-0.15, -0.1) is 11.3 Å². The van der Waals surface area contributed by atoms with Crippen molar-refractivity contribution in [1.29, 1.82) is 0 Å². The summed E-state index contributed by atoms with van der Waals surface area (Å²) in [5.41, 5.74) is 6.51. The van der Waals surface area contributed by atoms with E-state index in [0.717, 1.165) is 23.9 Å². The molecule has 8 nitrogen and oxygen atoms in total. The maximum absolute atomic E-state index is 12.3. The standard InChI is InChI=1S/C19H19N5O3S/c25-17(14-3-5-15(6-4-14)23-7-1-2-8-23)21-22-18(26)16-13-28-19(20-16)24-9-11-27-12-10-24/h1-8,13H,9-12H2,(H,21,25)(H,22,26). The van der Waals surface area contributed by atoms with Crippen LogP contribution in [0.15, 0.2) is 54.2 Å². The van der Waals surface area contributed by atoms with E-state index in [9.17, 15) is 9.59 Å². The molecule has 2 amide bonds. The van der Waals surface area contributed by atoms with Gasteiger partial charge in [-0.1, -0.05) is 0 Å². The molecule has 0 aliphatic carbocycles. The van der Waals surface area contributed by atoms with Gasteiger partial charge in [-0.3, -0.25) is 20.4 Å². The van der Waals surface area contributed by atoms with Crippen LogP contribution >= 0.6 is 11.3 Å². The first-order valence-electron chi connectivity index (χ1n) is 8.83. The number of hydrogen-bond acceptors (Lipinski definition) is 6. The van der Waals surface area contributed by atoms with E-state index < -0.39 is 11.8 Å². The van der Waals surface area contributed by atoms with E-state index in [-0.39, 0.29) is 5.69 Å². The average Bonchev–Trinajstić information content (AvgIpc) is 3.45. The van der Waals surface area contributed by atoms with Gasteiger partial charge in [0.2, 0.25) is 0 Å². The SMILES string of the molecule is O=C(NNC(=O)c1csc(N2CCOCC2)n1)c1ccc(-n2cccc2)cc1. The minimum atomic E-state index is -0.451. The zero-order valence-corrected chi connectivity index (χ0v) is 15.8. The topological polar surface area (TPSA) is 88.5 Å². The van der Waals surface area contributed by atoms with Crippen LogP contribution in [0.5, 0.6) is 0 Å². The highest BCUT2D eigenvalue weighted by Gasteiger charge is 2.18. The summed E-state index contributed by atoms with van der Waals surface area (Å²) in [5.74, 6) is -0.843. The molecule has 1 saturated heterocycles. The van der Waals surface area contributed by atoms with Crippen molar-refractivity contribution in [3.63, 3.8) is 0 Å². The van der Waals surface area contributed by atoms with Crippen LogP contribution in [0.3, 0.4) is 0 Å². The van der Waals surface area contributed by atoms with Crippen molar-refractivity contribution in [2.75, 3.05) is 31.2 Å². The van der Waals surface area contributed by atoms with Gasteiger partial charge in [0.15, 0.2) is 5.13 Å². The molecule has 28 heavy (non-hydrogen) atoms. The molecule has 4 rings (SSSR count). The molecule has 1 aliphatic heterocycles. The van der Waals surface area contributed by atoms with Crippen molar-refractivity contribution >= 4 is 28.3 Å². The molecule has 0 atom stereocenters. The van der Waals surface area contributed by atoms with Crippen molar-refractivity contribution < 1.29 is 14.3 Å². The van der Waals surface area contributed by atoms with Gasteiger partial charge in [0.25, 0.3) is 11.8 Å². The summed E-state index contributed by atoms with van der Waals surface area (Å²) >= 11 is 1.40. The van der Waals surface area contributed by atoms with E-state index in [1.54, 1.807) is 17.5 Å². The van der Waals surface area contributed by atoms with E-state index in [1.807, 2.05) is 41.2 Å². The first-order chi connectivity index (χ1) is 13.7. The lowest BCUT2D eigenvalue weighted by molar-refractivity contribution is 0.0844. The number of hydrogen-bond donors (Lipinski definition) is 2. The Morgan fingerprint density at radius 3 is 2.39 bits per heavy atom. The minimum Gasteiger partial charge on any atom is -0.378 e. The van der Waals surface area contributed by atoms with E-state index in [2.05, 4.69) is 20.7 Å². The van der Waals surface area contributed by atoms with Crippen molar-refractivity contribution in [1.82, 2.24) is 20.4 Å². The van der Waals surface area contributed by atoms with E-state index >= 15 is 0 Å². The maximum Gasteiger partial charge on any atom is 0.289 e. The third-order valence-electron chi connectivity index (χ3n) is 4.33. The van der Waals surface area contributed by atoms with Crippen LogP contribution in [0.4, 0.5) is 5.13 Å². The number of benzene rings is 1. The Morgan fingerprint density at radius 2 is 1.68 bits per heavy atom. The Bertz CT molecular complexity index is 946. The Hall–Kier alpha value is -3.17. The van der Waals surface area contributed by atoms with Crippen LogP contribution < -0.4 is 15.8 Å². The number of nitrogens with one attached hydrogen (secondary N) is 2. The number of anilines is 1. The molecule has 0 saturated carbocycles. The van der Waals surface area contributed by atoms with Crippen molar-refractivity contribution in [3.8, 4) is 5.69 Å². The summed E-state index contributed by atoms with van der Waals surface area (Å²) in [5, 5.41) is 2.46. The van der Waals surface area contributed by atoms with Crippen molar-refractivity contribution in [3.05, 3.63) is 65.4 Å². The van der Waals surface area contributed by atoms with Gasteiger partial charge < -0.3 is 14.2 Å². The molecule has 1 fully saturated rings. The van der Waals surface area contributed by atoms with Crippen LogP contribution in [0.1, 0.15) is 20.8 Å². The van der Waals surface area contributed by atoms with Gasteiger partial charge in [0.05, 0.1) is 13.2 Å². The quantitative estimate of drug-likeness (QED) is 0.656. The molecule has 2 aromatic heterocycles. The Morgan fingerprint density at radius 1 is 1.00 bits per heavy atom. The van der Waals surface area contributed by atoms with Gasteiger partial charge in [0, 0.05) is 42.1 Å². The lowest BCUT2D eigenvalue weighted by Gasteiger charge is -2.25. The smallest absolute Gasteiger partial charge is 0.289 e. The molecule has 3 heterocycles. The van der Waals surface area contributed by atoms with E-state index in [4.69, 9.17) is 4.74 Å². The Kier molecular flexibility index (Phi) is 5.36. The predicted octanol–water partition coefficient (Wildman–Crippen LogP) is 1.85. The molecule has 9 heteroatoms. The lowest BCUT2D eigenvalue weighted by Crippen LogP contribution is -2.41. The Balaban J connectivity index is 1.33. The fraction of sp³-hybridized carbons (Fsp3) is 0.211. The highest BCUT2D eigenvalue weighted by Crippen LogP contribution is 2.21. The molecule has 144 valence electrons. The monoisotopic (exact) mass is 397 g/mol. The van der Waals surface area contributed by atoms with E-state index in [0.29, 0.717) is 18.8 Å². The molecular weight excluding hydrogens is 378 g/mol. The second-order valence-corrected chi connectivity index (χ2v) is 7.00.